The minimum atomic E-state index is -0.218. The molecule has 2 N–H and O–H groups in total. The van der Waals surface area contributed by atoms with Gasteiger partial charge >= 0.3 is 0 Å². The Morgan fingerprint density at radius 1 is 1.17 bits per heavy atom. The molecule has 0 aliphatic carbocycles. The standard InChI is InChI=1S/C22H26N6O2/c29-20(10-2-1-5-11-25-22(30)18-15-23-12-13-24-18)28-14-6-9-19(28)21-26-16-7-3-4-8-17(16)27-21/h3-4,7-8,12-13,15,19H,1-2,5-6,9-11,14H2,(H,25,30)(H,26,27)/t19-/m1/s1. The van der Waals surface area contributed by atoms with Crippen LogP contribution >= 0.6 is 0 Å². The van der Waals surface area contributed by atoms with Crippen LogP contribution in [0.5, 0.6) is 0 Å². The van der Waals surface area contributed by atoms with Gasteiger partial charge in [0.05, 0.1) is 23.3 Å². The Labute approximate surface area is 175 Å². The van der Waals surface area contributed by atoms with Gasteiger partial charge in [-0.3, -0.25) is 14.6 Å². The highest BCUT2D eigenvalue weighted by Gasteiger charge is 2.31. The number of carbonyl (C=O) groups excluding carboxylic acids is 2. The molecule has 0 unspecified atom stereocenters. The number of H-pyrrole nitrogens is 1. The summed E-state index contributed by atoms with van der Waals surface area (Å²) in [5.41, 5.74) is 2.27. The predicted octanol–water partition coefficient (Wildman–Crippen LogP) is 3.01. The Morgan fingerprint density at radius 3 is 2.90 bits per heavy atom. The molecule has 0 bridgehead atoms. The molecule has 4 rings (SSSR count). The Bertz CT molecular complexity index is 970. The fourth-order valence-electron chi connectivity index (χ4n) is 3.91. The Hall–Kier alpha value is -3.29. The summed E-state index contributed by atoms with van der Waals surface area (Å²) in [6.45, 7) is 1.35. The van der Waals surface area contributed by atoms with Crippen molar-refractivity contribution in [2.75, 3.05) is 13.1 Å². The molecule has 8 heteroatoms. The van der Waals surface area contributed by atoms with Gasteiger partial charge < -0.3 is 15.2 Å². The number of aromatic nitrogens is 4. The van der Waals surface area contributed by atoms with E-state index >= 15 is 0 Å². The van der Waals surface area contributed by atoms with Crippen molar-refractivity contribution >= 4 is 22.8 Å². The van der Waals surface area contributed by atoms with Crippen LogP contribution in [0.2, 0.25) is 0 Å². The van der Waals surface area contributed by atoms with E-state index in [-0.39, 0.29) is 17.9 Å². The topological polar surface area (TPSA) is 104 Å². The first-order valence-electron chi connectivity index (χ1n) is 10.5. The number of nitrogens with zero attached hydrogens (tertiary/aromatic N) is 4. The lowest BCUT2D eigenvalue weighted by Crippen LogP contribution is -2.31. The normalized spacial score (nSPS) is 16.1. The highest BCUT2D eigenvalue weighted by atomic mass is 16.2. The summed E-state index contributed by atoms with van der Waals surface area (Å²) >= 11 is 0. The zero-order chi connectivity index (χ0) is 20.8. The first-order chi connectivity index (χ1) is 14.7. The molecular formula is C22H26N6O2. The second-order valence-electron chi connectivity index (χ2n) is 7.54. The summed E-state index contributed by atoms with van der Waals surface area (Å²) in [6.07, 6.45) is 9.47. The Morgan fingerprint density at radius 2 is 2.07 bits per heavy atom. The van der Waals surface area contributed by atoms with E-state index in [2.05, 4.69) is 20.3 Å². The average Bonchev–Trinajstić information content (AvgIpc) is 3.43. The van der Waals surface area contributed by atoms with Gasteiger partial charge in [-0.15, -0.1) is 0 Å². The van der Waals surface area contributed by atoms with Crippen LogP contribution in [0.25, 0.3) is 11.0 Å². The lowest BCUT2D eigenvalue weighted by Gasteiger charge is -2.23. The number of imidazole rings is 1. The van der Waals surface area contributed by atoms with Crippen molar-refractivity contribution in [1.29, 1.82) is 0 Å². The van der Waals surface area contributed by atoms with E-state index in [1.54, 1.807) is 0 Å². The van der Waals surface area contributed by atoms with E-state index in [1.165, 1.54) is 18.6 Å². The van der Waals surface area contributed by atoms with E-state index in [9.17, 15) is 9.59 Å². The Balaban J connectivity index is 1.20. The molecule has 2 amide bonds. The van der Waals surface area contributed by atoms with Crippen molar-refractivity contribution in [2.45, 2.75) is 44.6 Å². The third-order valence-electron chi connectivity index (χ3n) is 5.45. The number of para-hydroxylation sites is 2. The van der Waals surface area contributed by atoms with Gasteiger partial charge in [-0.25, -0.2) is 9.97 Å². The molecule has 1 saturated heterocycles. The van der Waals surface area contributed by atoms with Crippen LogP contribution in [-0.2, 0) is 4.79 Å². The highest BCUT2D eigenvalue weighted by molar-refractivity contribution is 5.91. The average molecular weight is 406 g/mol. The largest absolute Gasteiger partial charge is 0.351 e. The maximum Gasteiger partial charge on any atom is 0.271 e. The number of hydrogen-bond acceptors (Lipinski definition) is 5. The van der Waals surface area contributed by atoms with E-state index in [1.807, 2.05) is 29.2 Å². The predicted molar refractivity (Wildman–Crippen MR) is 113 cm³/mol. The number of rotatable bonds is 8. The molecule has 1 aliphatic heterocycles. The second-order valence-corrected chi connectivity index (χ2v) is 7.54. The zero-order valence-corrected chi connectivity index (χ0v) is 16.9. The van der Waals surface area contributed by atoms with E-state index in [4.69, 9.17) is 4.98 Å². The van der Waals surface area contributed by atoms with E-state index in [0.29, 0.717) is 18.7 Å². The first kappa shape index (κ1) is 20.0. The molecule has 1 fully saturated rings. The maximum absolute atomic E-state index is 12.8. The number of likely N-dealkylation sites (tertiary alicyclic amines) is 1. The number of hydrogen-bond donors (Lipinski definition) is 2. The van der Waals surface area contributed by atoms with Crippen molar-refractivity contribution in [1.82, 2.24) is 30.2 Å². The minimum absolute atomic E-state index is 0.0381. The third-order valence-corrected chi connectivity index (χ3v) is 5.45. The van der Waals surface area contributed by atoms with Gasteiger partial charge in [0.25, 0.3) is 5.91 Å². The lowest BCUT2D eigenvalue weighted by atomic mass is 10.1. The van der Waals surface area contributed by atoms with Crippen LogP contribution in [0.4, 0.5) is 0 Å². The Kier molecular flexibility index (Phi) is 6.32. The van der Waals surface area contributed by atoms with Gasteiger partial charge in [-0.2, -0.15) is 0 Å². The number of aromatic amines is 1. The van der Waals surface area contributed by atoms with Crippen LogP contribution < -0.4 is 5.32 Å². The molecule has 1 aliphatic rings. The van der Waals surface area contributed by atoms with Crippen LogP contribution in [0.1, 0.15) is 60.9 Å². The maximum atomic E-state index is 12.8. The highest BCUT2D eigenvalue weighted by Crippen LogP contribution is 2.32. The van der Waals surface area contributed by atoms with Crippen LogP contribution in [-0.4, -0.2) is 49.7 Å². The van der Waals surface area contributed by atoms with Gasteiger partial charge in [0.2, 0.25) is 5.91 Å². The molecule has 0 saturated carbocycles. The van der Waals surface area contributed by atoms with Crippen LogP contribution in [0, 0.1) is 0 Å². The number of unbranched alkanes of at least 4 members (excludes halogenated alkanes) is 2. The van der Waals surface area contributed by atoms with Crippen molar-refractivity contribution < 1.29 is 9.59 Å². The molecule has 3 heterocycles. The van der Waals surface area contributed by atoms with Crippen molar-refractivity contribution in [3.63, 3.8) is 0 Å². The molecule has 30 heavy (non-hydrogen) atoms. The fraction of sp³-hybridized carbons (Fsp3) is 0.409. The summed E-state index contributed by atoms with van der Waals surface area (Å²) in [5, 5.41) is 2.83. The molecule has 0 radical (unpaired) electrons. The summed E-state index contributed by atoms with van der Waals surface area (Å²) in [5.74, 6) is 0.847. The fourth-order valence-corrected chi connectivity index (χ4v) is 3.91. The van der Waals surface area contributed by atoms with Gasteiger partial charge in [0.15, 0.2) is 0 Å². The molecule has 1 atom stereocenters. The van der Waals surface area contributed by atoms with Crippen LogP contribution in [0.3, 0.4) is 0 Å². The molecule has 2 aromatic heterocycles. The summed E-state index contributed by atoms with van der Waals surface area (Å²) in [7, 11) is 0. The summed E-state index contributed by atoms with van der Waals surface area (Å²) in [4.78, 5) is 42.6. The van der Waals surface area contributed by atoms with Gasteiger partial charge in [0.1, 0.15) is 11.5 Å². The minimum Gasteiger partial charge on any atom is -0.351 e. The molecule has 1 aromatic carbocycles. The van der Waals surface area contributed by atoms with Gasteiger partial charge in [-0.1, -0.05) is 18.6 Å². The number of fused-ring (bicyclic) bond motifs is 1. The smallest absolute Gasteiger partial charge is 0.271 e. The third kappa shape index (κ3) is 4.64. The van der Waals surface area contributed by atoms with Crippen LogP contribution in [0.15, 0.2) is 42.9 Å². The molecule has 3 aromatic rings. The summed E-state index contributed by atoms with van der Waals surface area (Å²) in [6, 6.07) is 7.99. The zero-order valence-electron chi connectivity index (χ0n) is 16.9. The number of carbonyl (C=O) groups is 2. The molecular weight excluding hydrogens is 380 g/mol. The first-order valence-corrected chi connectivity index (χ1v) is 10.5. The van der Waals surface area contributed by atoms with Gasteiger partial charge in [0, 0.05) is 31.9 Å². The number of nitrogens with one attached hydrogen (secondary N) is 2. The molecule has 8 nitrogen and oxygen atoms in total. The molecule has 0 spiro atoms. The lowest BCUT2D eigenvalue weighted by molar-refractivity contribution is -0.132. The van der Waals surface area contributed by atoms with E-state index < -0.39 is 0 Å². The quantitative estimate of drug-likeness (QED) is 0.560. The number of amides is 2. The van der Waals surface area contributed by atoms with Crippen molar-refractivity contribution in [3.05, 3.63) is 54.4 Å². The monoisotopic (exact) mass is 406 g/mol. The van der Waals surface area contributed by atoms with Crippen molar-refractivity contribution in [3.8, 4) is 0 Å². The van der Waals surface area contributed by atoms with Gasteiger partial charge in [-0.05, 0) is 37.8 Å². The van der Waals surface area contributed by atoms with Crippen molar-refractivity contribution in [2.24, 2.45) is 0 Å². The SMILES string of the molecule is O=C(NCCCCCC(=O)N1CCC[C@@H]1c1nc2ccccc2[nH]1)c1cnccn1. The number of benzene rings is 1. The molecule has 156 valence electrons. The second kappa shape index (κ2) is 9.47. The van der Waals surface area contributed by atoms with E-state index in [0.717, 1.165) is 55.5 Å². The summed E-state index contributed by atoms with van der Waals surface area (Å²) < 4.78 is 0.